The van der Waals surface area contributed by atoms with Crippen molar-refractivity contribution in [3.05, 3.63) is 66.7 Å². The van der Waals surface area contributed by atoms with Gasteiger partial charge in [0.05, 0.1) is 27.3 Å². The van der Waals surface area contributed by atoms with Gasteiger partial charge in [0, 0.05) is 12.7 Å². The Morgan fingerprint density at radius 3 is 2.34 bits per heavy atom. The number of nitrogens with zero attached hydrogens (tertiary/aromatic N) is 2. The van der Waals surface area contributed by atoms with Gasteiger partial charge in [-0.2, -0.15) is 5.10 Å². The van der Waals surface area contributed by atoms with Gasteiger partial charge in [0.2, 0.25) is 0 Å². The number of nitrogens with one attached hydrogen (secondary N) is 1. The normalized spacial score (nSPS) is 11.0. The molecule has 0 fully saturated rings. The molecule has 154 valence electrons. The molecule has 0 saturated carbocycles. The standard InChI is InChI=1S/C18H14Cl5N3O3/c1-2-26-6-5-9(25-26)7-24-18(27)11-4-3-10(29-11)8-28-17-15(22)13(20)12(19)14(21)16(17)23/h3-6H,2,7-8H2,1H3,(H,24,27). The third kappa shape index (κ3) is 4.95. The van der Waals surface area contributed by atoms with E-state index >= 15 is 0 Å². The van der Waals surface area contributed by atoms with Crippen LogP contribution in [-0.2, 0) is 19.7 Å². The predicted molar refractivity (Wildman–Crippen MR) is 114 cm³/mol. The molecule has 6 nitrogen and oxygen atoms in total. The number of carbonyl (C=O) groups is 1. The summed E-state index contributed by atoms with van der Waals surface area (Å²) in [7, 11) is 0. The van der Waals surface area contributed by atoms with Gasteiger partial charge in [0.25, 0.3) is 5.91 Å². The van der Waals surface area contributed by atoms with Crippen LogP contribution in [0.25, 0.3) is 0 Å². The third-order valence-electron chi connectivity index (χ3n) is 3.86. The minimum Gasteiger partial charge on any atom is -0.482 e. The van der Waals surface area contributed by atoms with Crippen molar-refractivity contribution < 1.29 is 13.9 Å². The molecule has 11 heteroatoms. The lowest BCUT2D eigenvalue weighted by atomic mass is 10.3. The molecule has 2 heterocycles. The van der Waals surface area contributed by atoms with Crippen LogP contribution in [0.15, 0.2) is 28.8 Å². The highest BCUT2D eigenvalue weighted by molar-refractivity contribution is 6.55. The van der Waals surface area contributed by atoms with Crippen LogP contribution in [0.3, 0.4) is 0 Å². The summed E-state index contributed by atoms with van der Waals surface area (Å²) in [6, 6.07) is 4.96. The topological polar surface area (TPSA) is 69.3 Å². The van der Waals surface area contributed by atoms with E-state index in [1.54, 1.807) is 10.7 Å². The number of carbonyl (C=O) groups excluding carboxylic acids is 1. The molecule has 0 radical (unpaired) electrons. The van der Waals surface area contributed by atoms with Crippen LogP contribution in [-0.4, -0.2) is 15.7 Å². The zero-order valence-corrected chi connectivity index (χ0v) is 18.7. The summed E-state index contributed by atoms with van der Waals surface area (Å²) in [5.41, 5.74) is 0.746. The molecule has 0 aliphatic heterocycles. The average molecular weight is 498 g/mol. The molecule has 0 aliphatic carbocycles. The van der Waals surface area contributed by atoms with E-state index in [2.05, 4.69) is 10.4 Å². The molecule has 1 aromatic carbocycles. The highest BCUT2D eigenvalue weighted by Crippen LogP contribution is 2.48. The second kappa shape index (κ2) is 9.49. The van der Waals surface area contributed by atoms with Crippen LogP contribution in [0.5, 0.6) is 5.75 Å². The Bertz CT molecular complexity index is 1020. The Balaban J connectivity index is 1.63. The first kappa shape index (κ1) is 22.1. The van der Waals surface area contributed by atoms with Crippen molar-refractivity contribution in [3.63, 3.8) is 0 Å². The van der Waals surface area contributed by atoms with Crippen LogP contribution in [0, 0.1) is 0 Å². The first-order valence-corrected chi connectivity index (χ1v) is 10.2. The van der Waals surface area contributed by atoms with Crippen molar-refractivity contribution in [1.29, 1.82) is 0 Å². The number of rotatable bonds is 7. The predicted octanol–water partition coefficient (Wildman–Crippen LogP) is 6.27. The maximum Gasteiger partial charge on any atom is 0.287 e. The number of furan rings is 1. The van der Waals surface area contributed by atoms with E-state index in [9.17, 15) is 4.79 Å². The largest absolute Gasteiger partial charge is 0.482 e. The van der Waals surface area contributed by atoms with Crippen molar-refractivity contribution in [2.75, 3.05) is 0 Å². The van der Waals surface area contributed by atoms with Crippen molar-refractivity contribution in [3.8, 4) is 5.75 Å². The fourth-order valence-electron chi connectivity index (χ4n) is 2.36. The average Bonchev–Trinajstić information content (AvgIpc) is 3.38. The van der Waals surface area contributed by atoms with Gasteiger partial charge >= 0.3 is 0 Å². The first-order chi connectivity index (χ1) is 13.8. The Hall–Kier alpha value is -1.57. The van der Waals surface area contributed by atoms with E-state index < -0.39 is 0 Å². The molecule has 1 N–H and O–H groups in total. The van der Waals surface area contributed by atoms with Crippen molar-refractivity contribution in [2.24, 2.45) is 0 Å². The Labute approximate surface area is 191 Å². The molecule has 0 aliphatic rings. The van der Waals surface area contributed by atoms with Crippen molar-refractivity contribution in [2.45, 2.75) is 26.6 Å². The molecule has 0 unspecified atom stereocenters. The molecule has 2 aromatic heterocycles. The van der Waals surface area contributed by atoms with Gasteiger partial charge in [0.15, 0.2) is 11.5 Å². The van der Waals surface area contributed by atoms with E-state index in [0.717, 1.165) is 12.2 Å². The van der Waals surface area contributed by atoms with Gasteiger partial charge in [-0.1, -0.05) is 58.0 Å². The fraction of sp³-hybridized carbons (Fsp3) is 0.222. The van der Waals surface area contributed by atoms with E-state index in [1.165, 1.54) is 6.07 Å². The Morgan fingerprint density at radius 2 is 1.72 bits per heavy atom. The molecule has 0 saturated heterocycles. The van der Waals surface area contributed by atoms with Gasteiger partial charge in [-0.15, -0.1) is 0 Å². The van der Waals surface area contributed by atoms with Gasteiger partial charge in [-0.3, -0.25) is 9.48 Å². The summed E-state index contributed by atoms with van der Waals surface area (Å²) in [6.07, 6.45) is 1.84. The molecular weight excluding hydrogens is 483 g/mol. The SMILES string of the molecule is CCn1ccc(CNC(=O)c2ccc(COc3c(Cl)c(Cl)c(Cl)c(Cl)c3Cl)o2)n1. The van der Waals surface area contributed by atoms with E-state index in [1.807, 2.05) is 19.2 Å². The number of benzene rings is 1. The summed E-state index contributed by atoms with van der Waals surface area (Å²) in [6.45, 7) is 2.97. The summed E-state index contributed by atoms with van der Waals surface area (Å²) in [5, 5.41) is 7.19. The highest BCUT2D eigenvalue weighted by atomic mass is 35.5. The second-order valence-electron chi connectivity index (χ2n) is 5.80. The molecule has 3 rings (SSSR count). The van der Waals surface area contributed by atoms with Crippen molar-refractivity contribution in [1.82, 2.24) is 15.1 Å². The van der Waals surface area contributed by atoms with Crippen LogP contribution in [0.2, 0.25) is 25.1 Å². The quantitative estimate of drug-likeness (QED) is 0.308. The second-order valence-corrected chi connectivity index (χ2v) is 7.69. The molecular formula is C18H14Cl5N3O3. The van der Waals surface area contributed by atoms with Crippen LogP contribution in [0.4, 0.5) is 0 Å². The van der Waals surface area contributed by atoms with E-state index in [4.69, 9.17) is 67.2 Å². The van der Waals surface area contributed by atoms with Crippen molar-refractivity contribution >= 4 is 63.9 Å². The Kier molecular flexibility index (Phi) is 7.24. The third-order valence-corrected chi connectivity index (χ3v) is 6.11. The van der Waals surface area contributed by atoms with Gasteiger partial charge in [0.1, 0.15) is 22.4 Å². The number of ether oxygens (including phenoxy) is 1. The number of halogens is 5. The number of hydrogen-bond donors (Lipinski definition) is 1. The minimum absolute atomic E-state index is 0.0297. The number of amides is 1. The zero-order valence-electron chi connectivity index (χ0n) is 14.9. The molecule has 0 bridgehead atoms. The minimum atomic E-state index is -0.379. The summed E-state index contributed by atoms with van der Waals surface area (Å²) in [5.74, 6) is 0.195. The van der Waals surface area contributed by atoms with Gasteiger partial charge in [-0.05, 0) is 25.1 Å². The van der Waals surface area contributed by atoms with E-state index in [-0.39, 0.29) is 55.7 Å². The monoisotopic (exact) mass is 495 g/mol. The van der Waals surface area contributed by atoms with Gasteiger partial charge in [-0.25, -0.2) is 0 Å². The number of aryl methyl sites for hydroxylation is 1. The molecule has 3 aromatic rings. The summed E-state index contributed by atoms with van der Waals surface area (Å²) < 4.78 is 12.9. The summed E-state index contributed by atoms with van der Waals surface area (Å²) in [4.78, 5) is 12.2. The molecule has 0 atom stereocenters. The fourth-order valence-corrected chi connectivity index (χ4v) is 3.59. The van der Waals surface area contributed by atoms with Crippen LogP contribution in [0.1, 0.15) is 28.9 Å². The number of aromatic nitrogens is 2. The maximum absolute atomic E-state index is 12.2. The van der Waals surface area contributed by atoms with Gasteiger partial charge < -0.3 is 14.5 Å². The first-order valence-electron chi connectivity index (χ1n) is 8.35. The van der Waals surface area contributed by atoms with Crippen LogP contribution >= 0.6 is 58.0 Å². The molecule has 0 spiro atoms. The Morgan fingerprint density at radius 1 is 1.07 bits per heavy atom. The maximum atomic E-state index is 12.2. The number of hydrogen-bond acceptors (Lipinski definition) is 4. The lowest BCUT2D eigenvalue weighted by Gasteiger charge is -2.12. The lowest BCUT2D eigenvalue weighted by molar-refractivity contribution is 0.0918. The lowest BCUT2D eigenvalue weighted by Crippen LogP contribution is -2.22. The summed E-state index contributed by atoms with van der Waals surface area (Å²) >= 11 is 30.2. The van der Waals surface area contributed by atoms with Crippen LogP contribution < -0.4 is 10.1 Å². The highest BCUT2D eigenvalue weighted by Gasteiger charge is 2.21. The zero-order chi connectivity index (χ0) is 21.1. The van der Waals surface area contributed by atoms with E-state index in [0.29, 0.717) is 5.76 Å². The molecule has 29 heavy (non-hydrogen) atoms. The molecule has 1 amide bonds. The smallest absolute Gasteiger partial charge is 0.287 e.